The molecule has 0 aromatic heterocycles. The second kappa shape index (κ2) is 10.3. The number of rotatable bonds is 2. The van der Waals surface area contributed by atoms with Crippen LogP contribution >= 0.6 is 12.0 Å². The van der Waals surface area contributed by atoms with Crippen molar-refractivity contribution in [2.24, 2.45) is 0 Å². The molecule has 0 unspecified atom stereocenters. The van der Waals surface area contributed by atoms with Gasteiger partial charge in [-0.3, -0.25) is 14.1 Å². The third-order valence-electron chi connectivity index (χ3n) is 5.67. The van der Waals surface area contributed by atoms with E-state index in [9.17, 15) is 18.0 Å². The zero-order valence-corrected chi connectivity index (χ0v) is 20.7. The van der Waals surface area contributed by atoms with Crippen molar-refractivity contribution in [1.29, 1.82) is 0 Å². The molecule has 0 atom stereocenters. The summed E-state index contributed by atoms with van der Waals surface area (Å²) in [4.78, 5) is 26.1. The fourth-order valence-electron chi connectivity index (χ4n) is 4.48. The maximum atomic E-state index is 13.1. The molecule has 0 aliphatic heterocycles. The van der Waals surface area contributed by atoms with E-state index in [1.165, 1.54) is 0 Å². The van der Waals surface area contributed by atoms with Gasteiger partial charge in [-0.05, 0) is 34.4 Å². The van der Waals surface area contributed by atoms with Gasteiger partial charge in [0.2, 0.25) is 0 Å². The van der Waals surface area contributed by atoms with Crippen molar-refractivity contribution in [3.63, 3.8) is 0 Å². The number of fused-ring (bicyclic) bond motifs is 4. The highest BCUT2D eigenvalue weighted by molar-refractivity contribution is 7.93. The largest absolute Gasteiger partial charge is 0.289 e. The summed E-state index contributed by atoms with van der Waals surface area (Å²) < 4.78 is 29.7. The molecule has 6 rings (SSSR count). The van der Waals surface area contributed by atoms with Crippen LogP contribution in [-0.4, -0.2) is 42.3 Å². The standard InChI is InChI=1S/C24H12O2.2CH4O3S/c25-23-17-7-3-1-5-13(17)15-9-11-20-22-16(10-12-19(23)21(15)22)14-6-2-4-8-18(14)24(20)26;1-5(2,3)4;1-5-4-3-2/h1-12H;1H3,(H,2,3,4);2H,1H3. The Morgan fingerprint density at radius 1 is 0.639 bits per heavy atom. The van der Waals surface area contributed by atoms with Crippen molar-refractivity contribution in [3.05, 3.63) is 95.1 Å². The molecule has 2 N–H and O–H groups in total. The second-order valence-electron chi connectivity index (χ2n) is 7.86. The molecule has 36 heavy (non-hydrogen) atoms. The van der Waals surface area contributed by atoms with Crippen LogP contribution in [0.15, 0.2) is 72.8 Å². The number of carbonyl (C=O) groups is 2. The SMILES string of the molecule is CS(=O)(=O)O.CSOOO.O=C1c2ccccc2-c2ccc3c4c(ccc1c24)-c1ccccc1C3=O. The van der Waals surface area contributed by atoms with E-state index >= 15 is 0 Å². The summed E-state index contributed by atoms with van der Waals surface area (Å²) in [6.07, 6.45) is 2.34. The van der Waals surface area contributed by atoms with E-state index in [-0.39, 0.29) is 11.6 Å². The van der Waals surface area contributed by atoms with Gasteiger partial charge in [0, 0.05) is 51.3 Å². The number of hydrogen-bond acceptors (Lipinski definition) is 8. The van der Waals surface area contributed by atoms with Gasteiger partial charge in [0.05, 0.1) is 6.26 Å². The van der Waals surface area contributed by atoms with Crippen LogP contribution in [0.4, 0.5) is 0 Å². The molecule has 0 heterocycles. The lowest BCUT2D eigenvalue weighted by molar-refractivity contribution is -0.432. The lowest BCUT2D eigenvalue weighted by Crippen LogP contribution is -2.15. The quantitative estimate of drug-likeness (QED) is 0.131. The number of carbonyl (C=O) groups excluding carboxylic acids is 2. The molecule has 8 nitrogen and oxygen atoms in total. The van der Waals surface area contributed by atoms with Crippen molar-refractivity contribution in [3.8, 4) is 22.3 Å². The molecule has 4 aromatic carbocycles. The van der Waals surface area contributed by atoms with E-state index < -0.39 is 10.1 Å². The Hall–Kier alpha value is -3.38. The predicted octanol–water partition coefficient (Wildman–Crippen LogP) is 5.45. The molecule has 0 amide bonds. The molecular formula is C26H20O8S2. The summed E-state index contributed by atoms with van der Waals surface area (Å²) >= 11 is 0.929. The highest BCUT2D eigenvalue weighted by Crippen LogP contribution is 2.47. The minimum Gasteiger partial charge on any atom is -0.289 e. The van der Waals surface area contributed by atoms with Gasteiger partial charge >= 0.3 is 0 Å². The summed E-state index contributed by atoms with van der Waals surface area (Å²) in [6.45, 7) is 0. The van der Waals surface area contributed by atoms with Crippen LogP contribution in [0, 0.1) is 0 Å². The Kier molecular flexibility index (Phi) is 7.36. The molecule has 2 aliphatic rings. The fourth-order valence-corrected chi connectivity index (χ4v) is 4.54. The first kappa shape index (κ1) is 25.7. The van der Waals surface area contributed by atoms with Crippen molar-refractivity contribution >= 4 is 44.5 Å². The summed E-state index contributed by atoms with van der Waals surface area (Å²) in [7, 11) is -3.67. The summed E-state index contributed by atoms with van der Waals surface area (Å²) in [5, 5.41) is 12.3. The lowest BCUT2D eigenvalue weighted by Gasteiger charge is -2.26. The van der Waals surface area contributed by atoms with Gasteiger partial charge in [-0.15, -0.1) is 4.33 Å². The third-order valence-corrected chi connectivity index (χ3v) is 5.87. The van der Waals surface area contributed by atoms with Gasteiger partial charge in [-0.25, -0.2) is 5.26 Å². The molecule has 184 valence electrons. The fraction of sp³-hybridized carbons (Fsp3) is 0.0769. The first-order valence-corrected chi connectivity index (χ1v) is 13.5. The van der Waals surface area contributed by atoms with E-state index in [2.05, 4.69) is 9.37 Å². The average Bonchev–Trinajstić information content (AvgIpc) is 2.86. The Labute approximate surface area is 211 Å². The van der Waals surface area contributed by atoms with Gasteiger partial charge in [0.25, 0.3) is 10.1 Å². The molecule has 10 heteroatoms. The lowest BCUT2D eigenvalue weighted by atomic mass is 9.76. The monoisotopic (exact) mass is 524 g/mol. The molecule has 0 spiro atoms. The van der Waals surface area contributed by atoms with E-state index in [0.717, 1.165) is 56.2 Å². The van der Waals surface area contributed by atoms with Crippen LogP contribution < -0.4 is 0 Å². The maximum absolute atomic E-state index is 13.1. The molecular weight excluding hydrogens is 504 g/mol. The van der Waals surface area contributed by atoms with E-state index in [0.29, 0.717) is 17.4 Å². The van der Waals surface area contributed by atoms with Crippen molar-refractivity contribution < 1.29 is 37.2 Å². The summed E-state index contributed by atoms with van der Waals surface area (Å²) in [5.74, 6) is 0.0613. The van der Waals surface area contributed by atoms with Crippen LogP contribution in [0.25, 0.3) is 33.0 Å². The zero-order valence-electron chi connectivity index (χ0n) is 19.1. The molecule has 2 aliphatic carbocycles. The van der Waals surface area contributed by atoms with Gasteiger partial charge in [0.1, 0.15) is 0 Å². The second-order valence-corrected chi connectivity index (χ2v) is 9.80. The number of benzene rings is 4. The van der Waals surface area contributed by atoms with Gasteiger partial charge in [-0.1, -0.05) is 65.7 Å². The minimum atomic E-state index is -3.67. The average molecular weight is 525 g/mol. The van der Waals surface area contributed by atoms with E-state index in [4.69, 9.17) is 9.81 Å². The molecule has 0 bridgehead atoms. The van der Waals surface area contributed by atoms with Gasteiger partial charge in [-0.2, -0.15) is 8.42 Å². The first-order valence-electron chi connectivity index (χ1n) is 10.5. The normalized spacial score (nSPS) is 12.6. The predicted molar refractivity (Wildman–Crippen MR) is 137 cm³/mol. The van der Waals surface area contributed by atoms with Crippen LogP contribution in [0.1, 0.15) is 31.8 Å². The van der Waals surface area contributed by atoms with Crippen LogP contribution in [0.5, 0.6) is 0 Å². The summed E-state index contributed by atoms with van der Waals surface area (Å²) in [5.41, 5.74) is 6.78. The summed E-state index contributed by atoms with van der Waals surface area (Å²) in [6, 6.07) is 23.2. The van der Waals surface area contributed by atoms with Crippen LogP contribution in [0.3, 0.4) is 0 Å². The molecule has 0 radical (unpaired) electrons. The Morgan fingerprint density at radius 3 is 1.28 bits per heavy atom. The highest BCUT2D eigenvalue weighted by Gasteiger charge is 2.31. The van der Waals surface area contributed by atoms with E-state index in [1.807, 2.05) is 72.8 Å². The Bertz CT molecular complexity index is 1500. The topological polar surface area (TPSA) is 127 Å². The third kappa shape index (κ3) is 4.82. The van der Waals surface area contributed by atoms with Crippen LogP contribution in [0.2, 0.25) is 0 Å². The smallest absolute Gasteiger partial charge is 0.261 e. The van der Waals surface area contributed by atoms with Crippen molar-refractivity contribution in [2.45, 2.75) is 0 Å². The van der Waals surface area contributed by atoms with Crippen molar-refractivity contribution in [1.82, 2.24) is 0 Å². The molecule has 0 fully saturated rings. The Balaban J connectivity index is 0.000000262. The Morgan fingerprint density at radius 2 is 0.972 bits per heavy atom. The first-order chi connectivity index (χ1) is 17.2. The highest BCUT2D eigenvalue weighted by atomic mass is 32.2. The zero-order chi connectivity index (χ0) is 26.0. The molecule has 0 saturated carbocycles. The maximum Gasteiger partial charge on any atom is 0.261 e. The molecule has 0 saturated heterocycles. The molecule has 4 aromatic rings. The van der Waals surface area contributed by atoms with E-state index in [1.54, 1.807) is 6.26 Å². The van der Waals surface area contributed by atoms with Crippen molar-refractivity contribution in [2.75, 3.05) is 12.5 Å². The van der Waals surface area contributed by atoms with Gasteiger partial charge in [0.15, 0.2) is 11.6 Å². The number of ketones is 2. The van der Waals surface area contributed by atoms with Gasteiger partial charge < -0.3 is 0 Å². The van der Waals surface area contributed by atoms with Crippen LogP contribution in [-0.2, 0) is 19.5 Å². The number of hydrogen-bond donors (Lipinski definition) is 2. The minimum absolute atomic E-state index is 0.0307.